The van der Waals surface area contributed by atoms with Gasteiger partial charge in [-0.25, -0.2) is 0 Å². The van der Waals surface area contributed by atoms with Crippen LogP contribution < -0.4 is 10.6 Å². The first-order chi connectivity index (χ1) is 14.9. The van der Waals surface area contributed by atoms with Crippen molar-refractivity contribution in [1.82, 2.24) is 9.97 Å². The molecule has 0 aliphatic carbocycles. The average Bonchev–Trinajstić information content (AvgIpc) is 2.80. The number of benzene rings is 2. The molecule has 170 valence electrons. The Bertz CT molecular complexity index is 990. The molecule has 0 saturated carbocycles. The van der Waals surface area contributed by atoms with Gasteiger partial charge in [0.2, 0.25) is 0 Å². The molecule has 32 heavy (non-hydrogen) atoms. The number of fused-ring (bicyclic) bond motifs is 2. The minimum absolute atomic E-state index is 0. The highest BCUT2D eigenvalue weighted by atomic mass is 35.5. The van der Waals surface area contributed by atoms with E-state index >= 15 is 0 Å². The molecule has 2 aromatic heterocycles. The summed E-state index contributed by atoms with van der Waals surface area (Å²) >= 11 is 0. The van der Waals surface area contributed by atoms with Gasteiger partial charge in [-0.1, -0.05) is 62.1 Å². The highest BCUT2D eigenvalue weighted by molar-refractivity contribution is 5.91. The predicted octanol–water partition coefficient (Wildman–Crippen LogP) is 7.49. The van der Waals surface area contributed by atoms with Crippen LogP contribution in [0.3, 0.4) is 0 Å². The lowest BCUT2D eigenvalue weighted by Gasteiger charge is -2.10. The Labute approximate surface area is 203 Å². The van der Waals surface area contributed by atoms with Gasteiger partial charge in [0, 0.05) is 47.6 Å². The summed E-state index contributed by atoms with van der Waals surface area (Å²) in [6.07, 6.45) is 11.3. The van der Waals surface area contributed by atoms with Crippen LogP contribution in [0.1, 0.15) is 38.5 Å². The summed E-state index contributed by atoms with van der Waals surface area (Å²) in [6, 6.07) is 20.7. The zero-order chi connectivity index (χ0) is 20.4. The number of hydrogen-bond donors (Lipinski definition) is 2. The molecule has 4 aromatic rings. The van der Waals surface area contributed by atoms with Crippen LogP contribution >= 0.6 is 24.8 Å². The number of nitrogens with zero attached hydrogens (tertiary/aromatic N) is 2. The van der Waals surface area contributed by atoms with Crippen molar-refractivity contribution in [3.8, 4) is 0 Å². The number of para-hydroxylation sites is 2. The quantitative estimate of drug-likeness (QED) is 0.223. The summed E-state index contributed by atoms with van der Waals surface area (Å²) in [7, 11) is 0. The van der Waals surface area contributed by atoms with Gasteiger partial charge in [-0.05, 0) is 37.1 Å². The van der Waals surface area contributed by atoms with Crippen molar-refractivity contribution in [1.29, 1.82) is 0 Å². The zero-order valence-corrected chi connectivity index (χ0v) is 19.9. The van der Waals surface area contributed by atoms with E-state index in [0.29, 0.717) is 0 Å². The van der Waals surface area contributed by atoms with Gasteiger partial charge in [0.05, 0.1) is 11.0 Å². The summed E-state index contributed by atoms with van der Waals surface area (Å²) in [6.45, 7) is 2.04. The first kappa shape index (κ1) is 25.7. The Morgan fingerprint density at radius 2 is 0.906 bits per heavy atom. The Balaban J connectivity index is 0.00000181. The third kappa shape index (κ3) is 6.98. The largest absolute Gasteiger partial charge is 0.384 e. The molecule has 0 amide bonds. The number of nitrogens with one attached hydrogen (secondary N) is 2. The van der Waals surface area contributed by atoms with E-state index in [-0.39, 0.29) is 24.8 Å². The normalized spacial score (nSPS) is 10.4. The number of pyridine rings is 2. The second-order valence-electron chi connectivity index (χ2n) is 7.73. The fourth-order valence-electron chi connectivity index (χ4n) is 3.90. The van der Waals surface area contributed by atoms with Crippen LogP contribution in [0.5, 0.6) is 0 Å². The van der Waals surface area contributed by atoms with Gasteiger partial charge in [0.1, 0.15) is 0 Å². The number of aromatic nitrogens is 2. The number of hydrogen-bond acceptors (Lipinski definition) is 4. The van der Waals surface area contributed by atoms with Crippen LogP contribution in [0.15, 0.2) is 73.1 Å². The molecule has 4 nitrogen and oxygen atoms in total. The summed E-state index contributed by atoms with van der Waals surface area (Å²) < 4.78 is 0. The molecule has 4 rings (SSSR count). The Kier molecular flexibility index (Phi) is 11.1. The maximum atomic E-state index is 4.42. The number of unbranched alkanes of at least 4 members (excludes halogenated alkanes) is 5. The molecule has 0 fully saturated rings. The van der Waals surface area contributed by atoms with Crippen molar-refractivity contribution >= 4 is 58.0 Å². The Hall–Kier alpha value is -2.56. The lowest BCUT2D eigenvalue weighted by Crippen LogP contribution is -2.03. The third-order valence-corrected chi connectivity index (χ3v) is 5.53. The molecule has 0 radical (unpaired) electrons. The van der Waals surface area contributed by atoms with Gasteiger partial charge >= 0.3 is 0 Å². The first-order valence-electron chi connectivity index (χ1n) is 11.1. The molecular weight excluding hydrogens is 439 g/mol. The van der Waals surface area contributed by atoms with Gasteiger partial charge in [-0.15, -0.1) is 24.8 Å². The van der Waals surface area contributed by atoms with E-state index in [2.05, 4.69) is 69.1 Å². The minimum Gasteiger partial charge on any atom is -0.384 e. The van der Waals surface area contributed by atoms with Crippen molar-refractivity contribution in [3.63, 3.8) is 0 Å². The van der Waals surface area contributed by atoms with E-state index in [1.165, 1.54) is 60.7 Å². The number of halogens is 2. The smallest absolute Gasteiger partial charge is 0.0722 e. The van der Waals surface area contributed by atoms with Crippen LogP contribution in [-0.4, -0.2) is 23.1 Å². The highest BCUT2D eigenvalue weighted by Crippen LogP contribution is 2.22. The third-order valence-electron chi connectivity index (χ3n) is 5.53. The molecule has 0 aliphatic rings. The van der Waals surface area contributed by atoms with Crippen LogP contribution in [0.25, 0.3) is 21.8 Å². The van der Waals surface area contributed by atoms with Crippen molar-refractivity contribution < 1.29 is 0 Å². The fourth-order valence-corrected chi connectivity index (χ4v) is 3.90. The zero-order valence-electron chi connectivity index (χ0n) is 18.3. The van der Waals surface area contributed by atoms with E-state index in [9.17, 15) is 0 Å². The van der Waals surface area contributed by atoms with Gasteiger partial charge < -0.3 is 10.6 Å². The maximum absolute atomic E-state index is 4.42. The summed E-state index contributed by atoms with van der Waals surface area (Å²) in [5, 5.41) is 9.56. The molecule has 2 N–H and O–H groups in total. The Morgan fingerprint density at radius 3 is 1.38 bits per heavy atom. The molecule has 0 atom stereocenters. The van der Waals surface area contributed by atoms with Gasteiger partial charge in [-0.3, -0.25) is 9.97 Å². The van der Waals surface area contributed by atoms with Crippen LogP contribution in [0, 0.1) is 0 Å². The van der Waals surface area contributed by atoms with Crippen LogP contribution in [0.2, 0.25) is 0 Å². The molecule has 0 unspecified atom stereocenters. The van der Waals surface area contributed by atoms with E-state index in [1.807, 2.05) is 24.5 Å². The van der Waals surface area contributed by atoms with Crippen LogP contribution in [-0.2, 0) is 0 Å². The van der Waals surface area contributed by atoms with Gasteiger partial charge in [0.15, 0.2) is 0 Å². The molecule has 2 aromatic carbocycles. The van der Waals surface area contributed by atoms with E-state index < -0.39 is 0 Å². The van der Waals surface area contributed by atoms with E-state index in [4.69, 9.17) is 0 Å². The summed E-state index contributed by atoms with van der Waals surface area (Å²) in [5.41, 5.74) is 4.48. The fraction of sp³-hybridized carbons (Fsp3) is 0.308. The number of rotatable bonds is 11. The molecule has 6 heteroatoms. The molecule has 0 saturated heterocycles. The van der Waals surface area contributed by atoms with Gasteiger partial charge in [-0.2, -0.15) is 0 Å². The summed E-state index contributed by atoms with van der Waals surface area (Å²) in [5.74, 6) is 0. The number of anilines is 2. The molecule has 0 aliphatic heterocycles. The van der Waals surface area contributed by atoms with E-state index in [1.54, 1.807) is 0 Å². The first-order valence-corrected chi connectivity index (χ1v) is 11.1. The van der Waals surface area contributed by atoms with Crippen LogP contribution in [0.4, 0.5) is 11.4 Å². The second-order valence-corrected chi connectivity index (χ2v) is 7.73. The van der Waals surface area contributed by atoms with E-state index in [0.717, 1.165) is 24.1 Å². The predicted molar refractivity (Wildman–Crippen MR) is 143 cm³/mol. The molecule has 2 heterocycles. The Morgan fingerprint density at radius 1 is 0.500 bits per heavy atom. The SMILES string of the molecule is Cl.Cl.c1ccc2c(NCCCCCCCCNc3ccnc4ccccc34)ccnc2c1. The topological polar surface area (TPSA) is 49.8 Å². The van der Waals surface area contributed by atoms with Crippen molar-refractivity contribution in [2.24, 2.45) is 0 Å². The lowest BCUT2D eigenvalue weighted by atomic mass is 10.1. The van der Waals surface area contributed by atoms with Gasteiger partial charge in [0.25, 0.3) is 0 Å². The average molecular weight is 471 g/mol. The van der Waals surface area contributed by atoms with Crippen molar-refractivity contribution in [2.45, 2.75) is 38.5 Å². The van der Waals surface area contributed by atoms with Crippen molar-refractivity contribution in [3.05, 3.63) is 73.1 Å². The highest BCUT2D eigenvalue weighted by Gasteiger charge is 2.01. The maximum Gasteiger partial charge on any atom is 0.0722 e. The molecule has 0 bridgehead atoms. The lowest BCUT2D eigenvalue weighted by molar-refractivity contribution is 0.610. The minimum atomic E-state index is 0. The van der Waals surface area contributed by atoms with Crippen molar-refractivity contribution in [2.75, 3.05) is 23.7 Å². The molecular formula is C26H32Cl2N4. The molecule has 0 spiro atoms. The monoisotopic (exact) mass is 470 g/mol. The standard InChI is InChI=1S/C26H30N4.2ClH/c1(3-9-17-27-25-15-19-29-23-13-7-5-11-21(23)25)2-4-10-18-28-26-16-20-30-24-14-8-6-12-22(24)26;;/h5-8,11-16,19-20H,1-4,9-10,17-18H2,(H,27,29)(H,28,30);2*1H. The second kappa shape index (κ2) is 13.8. The summed E-state index contributed by atoms with van der Waals surface area (Å²) in [4.78, 5) is 8.84.